The second-order valence-electron chi connectivity index (χ2n) is 19.5. The summed E-state index contributed by atoms with van der Waals surface area (Å²) in [5, 5.41) is 10.1. The zero-order valence-corrected chi connectivity index (χ0v) is 40.0. The number of nitrogens with zero attached hydrogens (tertiary/aromatic N) is 2. The minimum absolute atomic E-state index is 0.572. The van der Waals surface area contributed by atoms with Crippen molar-refractivity contribution in [2.75, 3.05) is 9.80 Å². The first-order valence-electron chi connectivity index (χ1n) is 25.3. The van der Waals surface area contributed by atoms with Crippen LogP contribution in [0.2, 0.25) is 0 Å². The van der Waals surface area contributed by atoms with Crippen LogP contribution >= 0.6 is 0 Å². The number of para-hydroxylation sites is 2. The van der Waals surface area contributed by atoms with Gasteiger partial charge in [-0.3, -0.25) is 0 Å². The summed E-state index contributed by atoms with van der Waals surface area (Å²) >= 11 is 0. The summed E-state index contributed by atoms with van der Waals surface area (Å²) in [5.74, 6) is 0. The lowest BCUT2D eigenvalue weighted by molar-refractivity contribution is 0.800. The van der Waals surface area contributed by atoms with Crippen molar-refractivity contribution in [1.82, 2.24) is 0 Å². The Balaban J connectivity index is 0.918. The van der Waals surface area contributed by atoms with E-state index < -0.39 is 5.41 Å². The van der Waals surface area contributed by atoms with E-state index >= 15 is 0 Å². The van der Waals surface area contributed by atoms with Gasteiger partial charge in [0.05, 0.1) is 11.1 Å². The average Bonchev–Trinajstić information content (AvgIpc) is 3.94. The van der Waals surface area contributed by atoms with Crippen molar-refractivity contribution in [2.24, 2.45) is 0 Å². The normalized spacial score (nSPS) is 14.1. The van der Waals surface area contributed by atoms with Gasteiger partial charge in [-0.1, -0.05) is 212 Å². The van der Waals surface area contributed by atoms with Crippen LogP contribution in [0.4, 0.5) is 34.1 Å². The third-order valence-electron chi connectivity index (χ3n) is 15.8. The van der Waals surface area contributed by atoms with Crippen LogP contribution < -0.4 is 9.80 Å². The van der Waals surface area contributed by atoms with Gasteiger partial charge < -0.3 is 9.80 Å². The first kappa shape index (κ1) is 41.3. The number of fused-ring (bicyclic) bond motifs is 18. The third kappa shape index (κ3) is 6.11. The molecule has 15 rings (SSSR count). The Bertz CT molecular complexity index is 4300. The van der Waals surface area contributed by atoms with E-state index in [9.17, 15) is 0 Å². The summed E-state index contributed by atoms with van der Waals surface area (Å²) in [6, 6.07) is 103. The number of anilines is 6. The molecule has 13 aromatic carbocycles. The molecule has 0 aliphatic heterocycles. The number of hydrogen-bond acceptors (Lipinski definition) is 2. The minimum Gasteiger partial charge on any atom is -0.310 e. The molecule has 1 atom stereocenters. The summed E-state index contributed by atoms with van der Waals surface area (Å²) in [6.45, 7) is 0. The molecule has 0 saturated carbocycles. The maximum absolute atomic E-state index is 2.50. The second-order valence-corrected chi connectivity index (χ2v) is 19.5. The lowest BCUT2D eigenvalue weighted by Gasteiger charge is -2.36. The fourth-order valence-electron chi connectivity index (χ4n) is 12.9. The summed E-state index contributed by atoms with van der Waals surface area (Å²) in [5.41, 5.74) is 18.8. The van der Waals surface area contributed by atoms with Gasteiger partial charge >= 0.3 is 0 Å². The van der Waals surface area contributed by atoms with Crippen molar-refractivity contribution in [2.45, 2.75) is 5.41 Å². The number of rotatable bonds is 7. The van der Waals surface area contributed by atoms with Crippen LogP contribution in [-0.4, -0.2) is 0 Å². The van der Waals surface area contributed by atoms with Gasteiger partial charge in [-0.2, -0.15) is 0 Å². The summed E-state index contributed by atoms with van der Waals surface area (Å²) in [6.07, 6.45) is 0. The van der Waals surface area contributed by atoms with Gasteiger partial charge in [-0.05, 0) is 160 Å². The topological polar surface area (TPSA) is 6.48 Å². The number of benzene rings is 13. The van der Waals surface area contributed by atoms with Crippen LogP contribution in [0.15, 0.2) is 279 Å². The molecule has 0 saturated heterocycles. The summed E-state index contributed by atoms with van der Waals surface area (Å²) in [4.78, 5) is 4.91. The average molecular weight is 927 g/mol. The zero-order valence-electron chi connectivity index (χ0n) is 40.0. The molecule has 0 aromatic heterocycles. The van der Waals surface area contributed by atoms with Crippen molar-refractivity contribution in [3.63, 3.8) is 0 Å². The van der Waals surface area contributed by atoms with Crippen LogP contribution in [-0.2, 0) is 5.41 Å². The fraction of sp³-hybridized carbons (Fsp3) is 0.0141. The Morgan fingerprint density at radius 1 is 0.233 bits per heavy atom. The highest BCUT2D eigenvalue weighted by molar-refractivity contribution is 6.26. The Labute approximate surface area is 424 Å². The van der Waals surface area contributed by atoms with Crippen molar-refractivity contribution in [3.8, 4) is 33.4 Å². The van der Waals surface area contributed by atoms with E-state index in [1.54, 1.807) is 0 Å². The molecule has 73 heavy (non-hydrogen) atoms. The largest absolute Gasteiger partial charge is 0.310 e. The maximum atomic E-state index is 2.50. The molecule has 0 radical (unpaired) electrons. The van der Waals surface area contributed by atoms with Crippen LogP contribution in [0.3, 0.4) is 0 Å². The van der Waals surface area contributed by atoms with E-state index in [0.29, 0.717) is 0 Å². The van der Waals surface area contributed by atoms with Gasteiger partial charge in [0, 0.05) is 34.0 Å². The SMILES string of the molecule is c1ccc(N(c2cccc(-c3cccc(N(c4ccccc4)c4cccc5c4C4(c6ccccc6-5)c5ccccc5-c5ccc6ccccc6c54)c3)c2)c2ccc3c4ccccc4c4ccccc4c3c2)cc1. The maximum Gasteiger partial charge on any atom is 0.0752 e. The van der Waals surface area contributed by atoms with Gasteiger partial charge in [0.15, 0.2) is 0 Å². The highest BCUT2D eigenvalue weighted by Gasteiger charge is 2.54. The van der Waals surface area contributed by atoms with E-state index in [1.165, 1.54) is 87.6 Å². The molecule has 0 heterocycles. The lowest BCUT2D eigenvalue weighted by Crippen LogP contribution is -2.28. The first-order valence-corrected chi connectivity index (χ1v) is 25.3. The predicted octanol–water partition coefficient (Wildman–Crippen LogP) is 19.2. The lowest BCUT2D eigenvalue weighted by atomic mass is 9.68. The van der Waals surface area contributed by atoms with Gasteiger partial charge in [0.1, 0.15) is 0 Å². The van der Waals surface area contributed by atoms with Gasteiger partial charge in [-0.25, -0.2) is 0 Å². The van der Waals surface area contributed by atoms with Crippen LogP contribution in [0.5, 0.6) is 0 Å². The van der Waals surface area contributed by atoms with Crippen LogP contribution in [0.1, 0.15) is 22.3 Å². The van der Waals surface area contributed by atoms with Crippen molar-refractivity contribution >= 4 is 77.2 Å². The molecule has 1 unspecified atom stereocenters. The molecular weight excluding hydrogens is 881 g/mol. The van der Waals surface area contributed by atoms with Crippen molar-refractivity contribution in [3.05, 3.63) is 301 Å². The van der Waals surface area contributed by atoms with E-state index in [0.717, 1.165) is 45.3 Å². The highest BCUT2D eigenvalue weighted by atomic mass is 15.2. The Morgan fingerprint density at radius 3 is 1.30 bits per heavy atom. The molecule has 0 fully saturated rings. The molecule has 2 nitrogen and oxygen atoms in total. The molecule has 2 aliphatic carbocycles. The monoisotopic (exact) mass is 926 g/mol. The third-order valence-corrected chi connectivity index (χ3v) is 15.8. The quantitative estimate of drug-likeness (QED) is 0.147. The van der Waals surface area contributed by atoms with Gasteiger partial charge in [0.2, 0.25) is 0 Å². The minimum atomic E-state index is -0.572. The van der Waals surface area contributed by atoms with Gasteiger partial charge in [0.25, 0.3) is 0 Å². The van der Waals surface area contributed by atoms with E-state index in [-0.39, 0.29) is 0 Å². The second kappa shape index (κ2) is 16.3. The van der Waals surface area contributed by atoms with Crippen LogP contribution in [0.25, 0.3) is 76.5 Å². The summed E-state index contributed by atoms with van der Waals surface area (Å²) in [7, 11) is 0. The molecule has 1 spiro atoms. The molecule has 340 valence electrons. The fourth-order valence-corrected chi connectivity index (χ4v) is 12.9. The van der Waals surface area contributed by atoms with Crippen molar-refractivity contribution < 1.29 is 0 Å². The molecule has 2 heteroatoms. The van der Waals surface area contributed by atoms with E-state index in [4.69, 9.17) is 0 Å². The van der Waals surface area contributed by atoms with Crippen LogP contribution in [0, 0.1) is 0 Å². The molecule has 13 aromatic rings. The van der Waals surface area contributed by atoms with E-state index in [1.807, 2.05) is 0 Å². The molecule has 0 bridgehead atoms. The first-order chi connectivity index (χ1) is 36.2. The van der Waals surface area contributed by atoms with Crippen molar-refractivity contribution in [1.29, 1.82) is 0 Å². The smallest absolute Gasteiger partial charge is 0.0752 e. The molecule has 0 amide bonds. The molecular formula is C71H46N2. The predicted molar refractivity (Wildman–Crippen MR) is 308 cm³/mol. The zero-order chi connectivity index (χ0) is 48.0. The number of hydrogen-bond donors (Lipinski definition) is 0. The molecule has 2 aliphatic rings. The van der Waals surface area contributed by atoms with E-state index in [2.05, 4.69) is 289 Å². The summed E-state index contributed by atoms with van der Waals surface area (Å²) < 4.78 is 0. The Morgan fingerprint density at radius 2 is 0.671 bits per heavy atom. The molecule has 0 N–H and O–H groups in total. The Hall–Kier alpha value is -9.50. The highest BCUT2D eigenvalue weighted by Crippen LogP contribution is 2.66. The van der Waals surface area contributed by atoms with Gasteiger partial charge in [-0.15, -0.1) is 0 Å². The standard InChI is InChI=1S/C71H46N2/c1-3-23-50(24-4-1)72(54-41-43-60-58-32-10-9-30-56(58)57-31-11-12-33-59(57)65(60)46-54)52-27-17-21-48(44-52)49-22-18-28-53(45-49)73(51-25-5-2-6-26-51)68-39-19-36-63-61-34-13-15-37-66(61)71(70(63)68)67-38-16-14-35-62(67)64-42-40-47-20-7-8-29-55(47)69(64)71/h1-46H. The Kier molecular flexibility index (Phi) is 9.21.